The summed E-state index contributed by atoms with van der Waals surface area (Å²) >= 11 is 0. The van der Waals surface area contributed by atoms with Crippen LogP contribution in [-0.4, -0.2) is 34.8 Å². The van der Waals surface area contributed by atoms with Crippen molar-refractivity contribution in [2.45, 2.75) is 13.2 Å². The molecule has 47 heavy (non-hydrogen) atoms. The molecule has 0 atom stereocenters. The van der Waals surface area contributed by atoms with Crippen LogP contribution >= 0.6 is 0 Å². The molecule has 0 unspecified atom stereocenters. The molecule has 234 valence electrons. The second-order valence-electron chi connectivity index (χ2n) is 10.7. The average molecular weight is 628 g/mol. The molecule has 7 aromatic rings. The van der Waals surface area contributed by atoms with Gasteiger partial charge in [-0.25, -0.2) is 4.68 Å². The predicted molar refractivity (Wildman–Crippen MR) is 177 cm³/mol. The SMILES string of the molecule is O=c1cc(-c2ccccc2)oc2cc(OCCOCc3cn(CCOc4cccc5c(=O)cc(-c6ccccc6)oc45)nn3)ccc12. The number of rotatable bonds is 12. The van der Waals surface area contributed by atoms with Crippen LogP contribution in [0, 0.1) is 0 Å². The Morgan fingerprint density at radius 3 is 2.15 bits per heavy atom. The van der Waals surface area contributed by atoms with E-state index < -0.39 is 0 Å². The predicted octanol–water partition coefficient (Wildman–Crippen LogP) is 6.50. The molecule has 0 spiro atoms. The van der Waals surface area contributed by atoms with Gasteiger partial charge in [-0.2, -0.15) is 0 Å². The molecule has 10 nitrogen and oxygen atoms in total. The second-order valence-corrected chi connectivity index (χ2v) is 10.7. The lowest BCUT2D eigenvalue weighted by atomic mass is 10.1. The summed E-state index contributed by atoms with van der Waals surface area (Å²) in [4.78, 5) is 25.4. The fourth-order valence-corrected chi connectivity index (χ4v) is 5.14. The van der Waals surface area contributed by atoms with Gasteiger partial charge >= 0.3 is 0 Å². The minimum absolute atomic E-state index is 0.112. The summed E-state index contributed by atoms with van der Waals surface area (Å²) in [7, 11) is 0. The van der Waals surface area contributed by atoms with Crippen molar-refractivity contribution in [1.29, 1.82) is 0 Å². The first-order chi connectivity index (χ1) is 23.1. The molecule has 0 fully saturated rings. The summed E-state index contributed by atoms with van der Waals surface area (Å²) in [5.41, 5.74) is 2.91. The van der Waals surface area contributed by atoms with Crippen molar-refractivity contribution < 1.29 is 23.0 Å². The number of nitrogens with zero attached hydrogens (tertiary/aromatic N) is 3. The van der Waals surface area contributed by atoms with Gasteiger partial charge in [0.2, 0.25) is 0 Å². The zero-order valence-corrected chi connectivity index (χ0v) is 25.2. The van der Waals surface area contributed by atoms with Gasteiger partial charge in [-0.3, -0.25) is 9.59 Å². The molecule has 0 radical (unpaired) electrons. The Kier molecular flexibility index (Phi) is 8.56. The van der Waals surface area contributed by atoms with Crippen LogP contribution in [0.2, 0.25) is 0 Å². The first-order valence-electron chi connectivity index (χ1n) is 15.1. The fourth-order valence-electron chi connectivity index (χ4n) is 5.14. The van der Waals surface area contributed by atoms with Crippen LogP contribution in [0.1, 0.15) is 5.69 Å². The van der Waals surface area contributed by atoms with Gasteiger partial charge in [-0.1, -0.05) is 71.9 Å². The highest BCUT2D eigenvalue weighted by molar-refractivity contribution is 5.84. The number of benzene rings is 4. The zero-order valence-electron chi connectivity index (χ0n) is 25.2. The highest BCUT2D eigenvalue weighted by Crippen LogP contribution is 2.29. The van der Waals surface area contributed by atoms with Crippen molar-refractivity contribution in [3.05, 3.63) is 142 Å². The lowest BCUT2D eigenvalue weighted by Crippen LogP contribution is -2.09. The summed E-state index contributed by atoms with van der Waals surface area (Å²) in [5.74, 6) is 2.03. The second kappa shape index (κ2) is 13.6. The monoisotopic (exact) mass is 627 g/mol. The molecule has 0 saturated carbocycles. The van der Waals surface area contributed by atoms with Gasteiger partial charge in [-0.05, 0) is 24.3 Å². The van der Waals surface area contributed by atoms with Gasteiger partial charge in [0.1, 0.15) is 41.8 Å². The Labute approximate surface area is 268 Å². The molecule has 0 amide bonds. The molecule has 0 saturated heterocycles. The fraction of sp³-hybridized carbons (Fsp3) is 0.135. The van der Waals surface area contributed by atoms with Crippen molar-refractivity contribution in [1.82, 2.24) is 15.0 Å². The van der Waals surface area contributed by atoms with Crippen LogP contribution in [0.4, 0.5) is 0 Å². The Morgan fingerprint density at radius 2 is 1.38 bits per heavy atom. The Hall–Kier alpha value is -6.00. The first-order valence-corrected chi connectivity index (χ1v) is 15.1. The first kappa shape index (κ1) is 29.7. The molecule has 4 aromatic carbocycles. The van der Waals surface area contributed by atoms with Crippen molar-refractivity contribution >= 4 is 21.9 Å². The minimum Gasteiger partial charge on any atom is -0.491 e. The van der Waals surface area contributed by atoms with Gasteiger partial charge in [0.25, 0.3) is 0 Å². The highest BCUT2D eigenvalue weighted by atomic mass is 16.5. The molecule has 3 heterocycles. The maximum atomic E-state index is 12.8. The number of aromatic nitrogens is 3. The van der Waals surface area contributed by atoms with Crippen LogP contribution in [0.15, 0.2) is 134 Å². The van der Waals surface area contributed by atoms with Gasteiger partial charge < -0.3 is 23.0 Å². The molecule has 0 N–H and O–H groups in total. The van der Waals surface area contributed by atoms with Crippen molar-refractivity contribution in [2.75, 3.05) is 19.8 Å². The smallest absolute Gasteiger partial charge is 0.193 e. The Bertz CT molecular complexity index is 2260. The summed E-state index contributed by atoms with van der Waals surface area (Å²) in [6.45, 7) is 1.59. The third-order valence-corrected chi connectivity index (χ3v) is 7.45. The lowest BCUT2D eigenvalue weighted by Gasteiger charge is -2.09. The molecule has 0 bridgehead atoms. The van der Waals surface area contributed by atoms with E-state index in [1.54, 1.807) is 47.3 Å². The summed E-state index contributed by atoms with van der Waals surface area (Å²) in [6, 6.07) is 32.4. The number of para-hydroxylation sites is 1. The highest BCUT2D eigenvalue weighted by Gasteiger charge is 2.12. The number of hydrogen-bond donors (Lipinski definition) is 0. The third kappa shape index (κ3) is 6.82. The van der Waals surface area contributed by atoms with Crippen molar-refractivity contribution in [3.63, 3.8) is 0 Å². The van der Waals surface area contributed by atoms with Crippen LogP contribution in [-0.2, 0) is 17.9 Å². The van der Waals surface area contributed by atoms with Gasteiger partial charge in [0.05, 0.1) is 36.7 Å². The zero-order chi connectivity index (χ0) is 32.0. The van der Waals surface area contributed by atoms with E-state index in [9.17, 15) is 9.59 Å². The standard InChI is InChI=1S/C37H29N3O7/c41-31-21-34(25-8-3-1-4-9-25)46-36-20-28(14-15-29(31)36)44-19-18-43-24-27-23-40(39-38-27)16-17-45-33-13-7-12-30-32(42)22-35(47-37(30)33)26-10-5-2-6-11-26/h1-15,20-23H,16-19,24H2. The van der Waals surface area contributed by atoms with E-state index in [0.717, 1.165) is 11.1 Å². The van der Waals surface area contributed by atoms with Crippen LogP contribution < -0.4 is 20.3 Å². The van der Waals surface area contributed by atoms with E-state index in [4.69, 9.17) is 23.0 Å². The molecule has 0 aliphatic rings. The van der Waals surface area contributed by atoms with E-state index in [2.05, 4.69) is 10.3 Å². The van der Waals surface area contributed by atoms with E-state index in [0.29, 0.717) is 70.4 Å². The summed E-state index contributed by atoms with van der Waals surface area (Å²) in [6.07, 6.45) is 1.79. The van der Waals surface area contributed by atoms with Gasteiger partial charge in [0.15, 0.2) is 22.2 Å². The summed E-state index contributed by atoms with van der Waals surface area (Å²) in [5, 5.41) is 9.27. The topological polar surface area (TPSA) is 119 Å². The molecule has 3 aromatic heterocycles. The molecule has 0 aliphatic carbocycles. The van der Waals surface area contributed by atoms with Crippen molar-refractivity contribution in [2.24, 2.45) is 0 Å². The average Bonchev–Trinajstić information content (AvgIpc) is 3.56. The molecule has 0 aliphatic heterocycles. The quantitative estimate of drug-likeness (QED) is 0.140. The third-order valence-electron chi connectivity index (χ3n) is 7.45. The van der Waals surface area contributed by atoms with Crippen LogP contribution in [0.3, 0.4) is 0 Å². The van der Waals surface area contributed by atoms with E-state index in [1.165, 1.54) is 12.1 Å². The van der Waals surface area contributed by atoms with Gasteiger partial charge in [-0.15, -0.1) is 5.10 Å². The Morgan fingerprint density at radius 1 is 0.660 bits per heavy atom. The van der Waals surface area contributed by atoms with E-state index >= 15 is 0 Å². The van der Waals surface area contributed by atoms with Crippen LogP contribution in [0.5, 0.6) is 11.5 Å². The van der Waals surface area contributed by atoms with E-state index in [1.807, 2.05) is 60.7 Å². The normalized spacial score (nSPS) is 11.2. The van der Waals surface area contributed by atoms with Crippen LogP contribution in [0.25, 0.3) is 44.6 Å². The van der Waals surface area contributed by atoms with E-state index in [-0.39, 0.29) is 24.1 Å². The maximum Gasteiger partial charge on any atom is 0.193 e. The molecule has 7 rings (SSSR count). The van der Waals surface area contributed by atoms with Crippen molar-refractivity contribution in [3.8, 4) is 34.1 Å². The molecular formula is C37H29N3O7. The minimum atomic E-state index is -0.134. The number of fused-ring (bicyclic) bond motifs is 2. The molecule has 10 heteroatoms. The lowest BCUT2D eigenvalue weighted by molar-refractivity contribution is 0.0869. The maximum absolute atomic E-state index is 12.8. The largest absolute Gasteiger partial charge is 0.491 e. The number of hydrogen-bond acceptors (Lipinski definition) is 9. The Balaban J connectivity index is 0.902. The number of ether oxygens (including phenoxy) is 3. The van der Waals surface area contributed by atoms with Gasteiger partial charge in [0, 0.05) is 29.3 Å². The summed E-state index contributed by atoms with van der Waals surface area (Å²) < 4.78 is 31.3. The molecular weight excluding hydrogens is 598 g/mol.